The number of nitrogens with one attached hydrogen (secondary N) is 1. The quantitative estimate of drug-likeness (QED) is 0.769. The van der Waals surface area contributed by atoms with E-state index in [0.29, 0.717) is 12.5 Å². The summed E-state index contributed by atoms with van der Waals surface area (Å²) in [5.41, 5.74) is 2.09. The zero-order chi connectivity index (χ0) is 11.8. The Balaban J connectivity index is 2.40. The summed E-state index contributed by atoms with van der Waals surface area (Å²) in [6.45, 7) is 9.58. The molecule has 1 rings (SSSR count). The van der Waals surface area contributed by atoms with Gasteiger partial charge in [-0.15, -0.1) is 0 Å². The zero-order valence-corrected chi connectivity index (χ0v) is 10.5. The molecular weight excluding hydrogens is 200 g/mol. The highest BCUT2D eigenvalue weighted by atomic mass is 16.5. The highest BCUT2D eigenvalue weighted by Gasteiger charge is 1.99. The van der Waals surface area contributed by atoms with Gasteiger partial charge in [-0.3, -0.25) is 4.98 Å². The van der Waals surface area contributed by atoms with E-state index in [2.05, 4.69) is 31.1 Å². The van der Waals surface area contributed by atoms with E-state index >= 15 is 0 Å². The summed E-state index contributed by atoms with van der Waals surface area (Å²) in [4.78, 5) is 4.52. The van der Waals surface area contributed by atoms with Gasteiger partial charge >= 0.3 is 0 Å². The van der Waals surface area contributed by atoms with Crippen molar-refractivity contribution < 1.29 is 4.74 Å². The molecular formula is C13H22N2O. The lowest BCUT2D eigenvalue weighted by atomic mass is 10.2. The Hall–Kier alpha value is -0.930. The third-order valence-electron chi connectivity index (χ3n) is 2.12. The van der Waals surface area contributed by atoms with E-state index in [4.69, 9.17) is 4.74 Å². The van der Waals surface area contributed by atoms with Gasteiger partial charge in [-0.05, 0) is 24.6 Å². The molecule has 3 heteroatoms. The maximum Gasteiger partial charge on any atom is 0.0888 e. The lowest BCUT2D eigenvalue weighted by Gasteiger charge is -2.07. The van der Waals surface area contributed by atoms with Gasteiger partial charge in [0.25, 0.3) is 0 Å². The number of rotatable bonds is 7. The Bertz CT molecular complexity index is 300. The van der Waals surface area contributed by atoms with Crippen LogP contribution in [-0.4, -0.2) is 18.1 Å². The van der Waals surface area contributed by atoms with Crippen molar-refractivity contribution in [2.45, 2.75) is 33.9 Å². The van der Waals surface area contributed by atoms with Crippen molar-refractivity contribution in [3.8, 4) is 0 Å². The molecule has 1 aromatic heterocycles. The highest BCUT2D eigenvalue weighted by Crippen LogP contribution is 2.02. The Morgan fingerprint density at radius 1 is 1.31 bits per heavy atom. The van der Waals surface area contributed by atoms with Crippen molar-refractivity contribution >= 4 is 0 Å². The van der Waals surface area contributed by atoms with Crippen LogP contribution in [0.5, 0.6) is 0 Å². The fourth-order valence-corrected chi connectivity index (χ4v) is 1.36. The predicted octanol–water partition coefficient (Wildman–Crippen LogP) is 2.36. The highest BCUT2D eigenvalue weighted by molar-refractivity contribution is 5.10. The molecule has 16 heavy (non-hydrogen) atoms. The second-order valence-corrected chi connectivity index (χ2v) is 4.31. The molecule has 0 aliphatic carbocycles. The van der Waals surface area contributed by atoms with Crippen molar-refractivity contribution in [3.63, 3.8) is 0 Å². The van der Waals surface area contributed by atoms with Crippen LogP contribution in [0.2, 0.25) is 0 Å². The van der Waals surface area contributed by atoms with Crippen molar-refractivity contribution in [2.75, 3.05) is 13.2 Å². The summed E-state index contributed by atoms with van der Waals surface area (Å²) in [6, 6.07) is 6.08. The smallest absolute Gasteiger partial charge is 0.0888 e. The number of hydrogen-bond acceptors (Lipinski definition) is 3. The number of nitrogens with zero attached hydrogens (tertiary/aromatic N) is 1. The molecule has 90 valence electrons. The standard InChI is InChI=1S/C13H22N2O/c1-4-14-8-12-6-5-7-13(15-12)10-16-9-11(2)3/h5-7,11,14H,4,8-10H2,1-3H3. The summed E-state index contributed by atoms with van der Waals surface area (Å²) in [5.74, 6) is 0.574. The molecule has 0 amide bonds. The second kappa shape index (κ2) is 7.36. The summed E-state index contributed by atoms with van der Waals surface area (Å²) in [6.07, 6.45) is 0. The molecule has 0 aromatic carbocycles. The molecule has 1 N–H and O–H groups in total. The molecule has 0 radical (unpaired) electrons. The topological polar surface area (TPSA) is 34.1 Å². The first-order chi connectivity index (χ1) is 7.72. The van der Waals surface area contributed by atoms with Gasteiger partial charge < -0.3 is 10.1 Å². The van der Waals surface area contributed by atoms with Crippen LogP contribution in [0.25, 0.3) is 0 Å². The second-order valence-electron chi connectivity index (χ2n) is 4.31. The normalized spacial score (nSPS) is 11.0. The molecule has 0 aliphatic rings. The summed E-state index contributed by atoms with van der Waals surface area (Å²) >= 11 is 0. The third kappa shape index (κ3) is 5.24. The first-order valence-corrected chi connectivity index (χ1v) is 5.95. The number of pyridine rings is 1. The van der Waals surface area contributed by atoms with E-state index in [1.165, 1.54) is 0 Å². The van der Waals surface area contributed by atoms with Crippen LogP contribution in [0.1, 0.15) is 32.2 Å². The minimum absolute atomic E-state index is 0.574. The maximum absolute atomic E-state index is 5.56. The van der Waals surface area contributed by atoms with Gasteiger partial charge in [0.15, 0.2) is 0 Å². The Morgan fingerprint density at radius 2 is 2.06 bits per heavy atom. The van der Waals surface area contributed by atoms with Gasteiger partial charge in [-0.2, -0.15) is 0 Å². The molecule has 0 atom stereocenters. The molecule has 0 spiro atoms. The molecule has 0 bridgehead atoms. The average molecular weight is 222 g/mol. The van der Waals surface area contributed by atoms with E-state index in [-0.39, 0.29) is 0 Å². The van der Waals surface area contributed by atoms with Crippen LogP contribution < -0.4 is 5.32 Å². The van der Waals surface area contributed by atoms with Crippen molar-refractivity contribution in [2.24, 2.45) is 5.92 Å². The summed E-state index contributed by atoms with van der Waals surface area (Å²) in [7, 11) is 0. The van der Waals surface area contributed by atoms with Gasteiger partial charge in [0, 0.05) is 13.2 Å². The lowest BCUT2D eigenvalue weighted by Crippen LogP contribution is -2.13. The van der Waals surface area contributed by atoms with Crippen LogP contribution in [0, 0.1) is 5.92 Å². The van der Waals surface area contributed by atoms with E-state index in [1.54, 1.807) is 0 Å². The van der Waals surface area contributed by atoms with Gasteiger partial charge in [0.2, 0.25) is 0 Å². The van der Waals surface area contributed by atoms with E-state index in [1.807, 2.05) is 18.2 Å². The minimum atomic E-state index is 0.574. The third-order valence-corrected chi connectivity index (χ3v) is 2.12. The van der Waals surface area contributed by atoms with Crippen LogP contribution in [0.3, 0.4) is 0 Å². The lowest BCUT2D eigenvalue weighted by molar-refractivity contribution is 0.0947. The SMILES string of the molecule is CCNCc1cccc(COCC(C)C)n1. The largest absolute Gasteiger partial charge is 0.375 e. The van der Waals surface area contributed by atoms with Crippen molar-refractivity contribution in [1.82, 2.24) is 10.3 Å². The van der Waals surface area contributed by atoms with Gasteiger partial charge in [0.1, 0.15) is 0 Å². The maximum atomic E-state index is 5.56. The van der Waals surface area contributed by atoms with Gasteiger partial charge in [-0.25, -0.2) is 0 Å². The van der Waals surface area contributed by atoms with Crippen LogP contribution in [0.15, 0.2) is 18.2 Å². The van der Waals surface area contributed by atoms with Crippen molar-refractivity contribution in [3.05, 3.63) is 29.6 Å². The molecule has 0 aliphatic heterocycles. The van der Waals surface area contributed by atoms with E-state index in [9.17, 15) is 0 Å². The molecule has 1 heterocycles. The van der Waals surface area contributed by atoms with Crippen LogP contribution >= 0.6 is 0 Å². The van der Waals surface area contributed by atoms with E-state index < -0.39 is 0 Å². The molecule has 0 saturated heterocycles. The van der Waals surface area contributed by atoms with E-state index in [0.717, 1.165) is 31.1 Å². The molecule has 0 fully saturated rings. The predicted molar refractivity (Wildman–Crippen MR) is 66.1 cm³/mol. The fraction of sp³-hybridized carbons (Fsp3) is 0.615. The number of ether oxygens (including phenoxy) is 1. The average Bonchev–Trinajstić information content (AvgIpc) is 2.26. The summed E-state index contributed by atoms with van der Waals surface area (Å²) < 4.78 is 5.56. The first kappa shape index (κ1) is 13.1. The van der Waals surface area contributed by atoms with Crippen molar-refractivity contribution in [1.29, 1.82) is 0 Å². The first-order valence-electron chi connectivity index (χ1n) is 5.95. The van der Waals surface area contributed by atoms with Gasteiger partial charge in [-0.1, -0.05) is 26.8 Å². The Kier molecular flexibility index (Phi) is 6.04. The molecule has 0 saturated carbocycles. The van der Waals surface area contributed by atoms with Gasteiger partial charge in [0.05, 0.1) is 18.0 Å². The number of aromatic nitrogens is 1. The van der Waals surface area contributed by atoms with Crippen LogP contribution in [0.4, 0.5) is 0 Å². The zero-order valence-electron chi connectivity index (χ0n) is 10.5. The monoisotopic (exact) mass is 222 g/mol. The fourth-order valence-electron chi connectivity index (χ4n) is 1.36. The molecule has 1 aromatic rings. The summed E-state index contributed by atoms with van der Waals surface area (Å²) in [5, 5.41) is 3.26. The Morgan fingerprint density at radius 3 is 2.75 bits per heavy atom. The molecule has 0 unspecified atom stereocenters. The minimum Gasteiger partial charge on any atom is -0.375 e. The Labute approximate surface area is 98.2 Å². The molecule has 3 nitrogen and oxygen atoms in total. The van der Waals surface area contributed by atoms with Crippen LogP contribution in [-0.2, 0) is 17.9 Å². The number of hydrogen-bond donors (Lipinski definition) is 1.